The maximum Gasteiger partial charge on any atom is 0.347 e. The molecule has 0 unspecified atom stereocenters. The Labute approximate surface area is 160 Å². The minimum atomic E-state index is -0.600. The highest BCUT2D eigenvalue weighted by Gasteiger charge is 2.36. The van der Waals surface area contributed by atoms with Crippen molar-refractivity contribution in [2.75, 3.05) is 12.0 Å². The normalized spacial score (nSPS) is 12.7. The molecular weight excluding hydrogens is 358 g/mol. The molecule has 6 nitrogen and oxygen atoms in total. The third kappa shape index (κ3) is 2.91. The summed E-state index contributed by atoms with van der Waals surface area (Å²) >= 11 is 0. The summed E-state index contributed by atoms with van der Waals surface area (Å²) in [6, 6.07) is 19.6. The first-order chi connectivity index (χ1) is 13.6. The van der Waals surface area contributed by atoms with Gasteiger partial charge in [0.05, 0.1) is 23.9 Å². The van der Waals surface area contributed by atoms with Crippen LogP contribution in [-0.4, -0.2) is 24.9 Å². The van der Waals surface area contributed by atoms with Gasteiger partial charge in [0.25, 0.3) is 11.8 Å². The van der Waals surface area contributed by atoms with Crippen molar-refractivity contribution in [2.24, 2.45) is 0 Å². The Hall–Kier alpha value is -3.93. The molecule has 3 aromatic carbocycles. The van der Waals surface area contributed by atoms with Gasteiger partial charge in [-0.05, 0) is 36.4 Å². The summed E-state index contributed by atoms with van der Waals surface area (Å²) in [5.41, 5.74) is 1.31. The van der Waals surface area contributed by atoms with Crippen molar-refractivity contribution in [1.29, 1.82) is 0 Å². The Morgan fingerprint density at radius 2 is 1.46 bits per heavy atom. The van der Waals surface area contributed by atoms with Crippen LogP contribution < -0.4 is 14.4 Å². The lowest BCUT2D eigenvalue weighted by molar-refractivity contribution is 0.0731. The number of rotatable bonds is 4. The molecule has 4 rings (SSSR count). The van der Waals surface area contributed by atoms with E-state index in [1.54, 1.807) is 66.7 Å². The molecule has 3 aromatic rings. The molecule has 6 heteroatoms. The van der Waals surface area contributed by atoms with Gasteiger partial charge in [0.1, 0.15) is 17.1 Å². The van der Waals surface area contributed by atoms with E-state index >= 15 is 0 Å². The van der Waals surface area contributed by atoms with Crippen LogP contribution in [0.4, 0.5) is 5.69 Å². The molecule has 138 valence electrons. The molecule has 28 heavy (non-hydrogen) atoms. The Balaban J connectivity index is 1.62. The Morgan fingerprint density at radius 1 is 0.821 bits per heavy atom. The van der Waals surface area contributed by atoms with E-state index in [1.807, 2.05) is 0 Å². The molecule has 0 radical (unpaired) electrons. The van der Waals surface area contributed by atoms with Gasteiger partial charge in [0, 0.05) is 6.07 Å². The lowest BCUT2D eigenvalue weighted by atomic mass is 10.1. The Bertz CT molecular complexity index is 1070. The van der Waals surface area contributed by atoms with Gasteiger partial charge in [-0.25, -0.2) is 9.69 Å². The van der Waals surface area contributed by atoms with Gasteiger partial charge in [-0.2, -0.15) is 0 Å². The van der Waals surface area contributed by atoms with Crippen molar-refractivity contribution >= 4 is 23.5 Å². The molecule has 1 aliphatic rings. The fourth-order valence-corrected chi connectivity index (χ4v) is 3.09. The van der Waals surface area contributed by atoms with Crippen molar-refractivity contribution < 1.29 is 23.9 Å². The number of esters is 1. The van der Waals surface area contributed by atoms with Crippen LogP contribution in [0, 0.1) is 0 Å². The smallest absolute Gasteiger partial charge is 0.347 e. The van der Waals surface area contributed by atoms with Gasteiger partial charge in [-0.3, -0.25) is 9.59 Å². The van der Waals surface area contributed by atoms with Crippen LogP contribution in [-0.2, 0) is 0 Å². The molecule has 0 saturated carbocycles. The van der Waals surface area contributed by atoms with Crippen molar-refractivity contribution in [3.8, 4) is 11.5 Å². The predicted molar refractivity (Wildman–Crippen MR) is 102 cm³/mol. The third-order valence-electron chi connectivity index (χ3n) is 4.41. The van der Waals surface area contributed by atoms with Gasteiger partial charge < -0.3 is 9.47 Å². The highest BCUT2D eigenvalue weighted by atomic mass is 16.5. The first kappa shape index (κ1) is 17.5. The van der Waals surface area contributed by atoms with Gasteiger partial charge in [0.2, 0.25) is 0 Å². The number of hydrogen-bond acceptors (Lipinski definition) is 5. The van der Waals surface area contributed by atoms with Crippen LogP contribution in [0.15, 0.2) is 72.8 Å². The summed E-state index contributed by atoms with van der Waals surface area (Å²) < 4.78 is 10.6. The lowest BCUT2D eigenvalue weighted by Gasteiger charge is -2.15. The second-order valence-electron chi connectivity index (χ2n) is 6.08. The van der Waals surface area contributed by atoms with Crippen LogP contribution in [0.3, 0.4) is 0 Å². The molecule has 0 fully saturated rings. The molecule has 0 aromatic heterocycles. The predicted octanol–water partition coefficient (Wildman–Crippen LogP) is 3.72. The van der Waals surface area contributed by atoms with E-state index in [0.29, 0.717) is 22.6 Å². The molecule has 2 amide bonds. The number of fused-ring (bicyclic) bond motifs is 1. The summed E-state index contributed by atoms with van der Waals surface area (Å²) in [5.74, 6) is -0.812. The molecule has 0 saturated heterocycles. The summed E-state index contributed by atoms with van der Waals surface area (Å²) in [5, 5.41) is 0. The zero-order valence-electron chi connectivity index (χ0n) is 14.9. The average molecular weight is 373 g/mol. The molecular formula is C22H15NO5. The summed E-state index contributed by atoms with van der Waals surface area (Å²) in [7, 11) is 1.47. The molecule has 0 bridgehead atoms. The summed E-state index contributed by atoms with van der Waals surface area (Å²) in [4.78, 5) is 38.8. The molecule has 1 aliphatic heterocycles. The van der Waals surface area contributed by atoms with Gasteiger partial charge in [-0.1, -0.05) is 30.3 Å². The number of methoxy groups -OCH3 is 1. The average Bonchev–Trinajstić information content (AvgIpc) is 2.99. The molecule has 0 aliphatic carbocycles. The van der Waals surface area contributed by atoms with Gasteiger partial charge >= 0.3 is 5.97 Å². The monoisotopic (exact) mass is 373 g/mol. The second-order valence-corrected chi connectivity index (χ2v) is 6.08. The van der Waals surface area contributed by atoms with Crippen LogP contribution >= 0.6 is 0 Å². The van der Waals surface area contributed by atoms with Gasteiger partial charge in [0.15, 0.2) is 0 Å². The first-order valence-electron chi connectivity index (χ1n) is 8.53. The number of nitrogens with zero attached hydrogens (tertiary/aromatic N) is 1. The number of carbonyl (C=O) groups excluding carboxylic acids is 3. The van der Waals surface area contributed by atoms with Crippen molar-refractivity contribution in [3.05, 3.63) is 89.5 Å². The largest absolute Gasteiger partial charge is 0.496 e. The standard InChI is InChI=1S/C22H15NO5/c1-27-19-12-5-4-11-18(19)22(26)28-15-8-6-7-14(13-15)23-20(24)16-9-2-3-10-17(16)21(23)25/h2-13H,1H3. The van der Waals surface area contributed by atoms with Crippen LogP contribution in [0.2, 0.25) is 0 Å². The van der Waals surface area contributed by atoms with E-state index in [-0.39, 0.29) is 11.3 Å². The van der Waals surface area contributed by atoms with E-state index in [2.05, 4.69) is 0 Å². The minimum absolute atomic E-state index is 0.213. The van der Waals surface area contributed by atoms with Crippen molar-refractivity contribution in [1.82, 2.24) is 0 Å². The van der Waals surface area contributed by atoms with E-state index in [0.717, 1.165) is 4.90 Å². The van der Waals surface area contributed by atoms with E-state index in [4.69, 9.17) is 9.47 Å². The molecule has 0 spiro atoms. The number of anilines is 1. The topological polar surface area (TPSA) is 72.9 Å². The Kier molecular flexibility index (Phi) is 4.37. The lowest BCUT2D eigenvalue weighted by Crippen LogP contribution is -2.29. The maximum atomic E-state index is 12.6. The van der Waals surface area contributed by atoms with E-state index in [9.17, 15) is 14.4 Å². The zero-order valence-corrected chi connectivity index (χ0v) is 14.9. The molecule has 0 N–H and O–H groups in total. The zero-order chi connectivity index (χ0) is 19.7. The SMILES string of the molecule is COc1ccccc1C(=O)Oc1cccc(N2C(=O)c3ccccc3C2=O)c1. The quantitative estimate of drug-likeness (QED) is 0.396. The van der Waals surface area contributed by atoms with Crippen molar-refractivity contribution in [3.63, 3.8) is 0 Å². The van der Waals surface area contributed by atoms with Crippen molar-refractivity contribution in [2.45, 2.75) is 0 Å². The second kappa shape index (κ2) is 7.00. The van der Waals surface area contributed by atoms with Gasteiger partial charge in [-0.15, -0.1) is 0 Å². The molecule has 0 atom stereocenters. The third-order valence-corrected chi connectivity index (χ3v) is 4.41. The number of amides is 2. The Morgan fingerprint density at radius 3 is 2.14 bits per heavy atom. The van der Waals surface area contributed by atoms with E-state index < -0.39 is 17.8 Å². The van der Waals surface area contributed by atoms with Crippen LogP contribution in [0.1, 0.15) is 31.1 Å². The number of hydrogen-bond donors (Lipinski definition) is 0. The number of carbonyl (C=O) groups is 3. The highest BCUT2D eigenvalue weighted by molar-refractivity contribution is 6.34. The molecule has 1 heterocycles. The first-order valence-corrected chi connectivity index (χ1v) is 8.53. The minimum Gasteiger partial charge on any atom is -0.496 e. The maximum absolute atomic E-state index is 12.6. The summed E-state index contributed by atoms with van der Waals surface area (Å²) in [6.45, 7) is 0. The van der Waals surface area contributed by atoms with Crippen LogP contribution in [0.25, 0.3) is 0 Å². The highest BCUT2D eigenvalue weighted by Crippen LogP contribution is 2.30. The van der Waals surface area contributed by atoms with E-state index in [1.165, 1.54) is 13.2 Å². The van der Waals surface area contributed by atoms with Crippen LogP contribution in [0.5, 0.6) is 11.5 Å². The number of ether oxygens (including phenoxy) is 2. The number of imide groups is 1. The number of benzene rings is 3. The summed E-state index contributed by atoms with van der Waals surface area (Å²) in [6.07, 6.45) is 0. The fraction of sp³-hybridized carbons (Fsp3) is 0.0455. The number of para-hydroxylation sites is 1. The fourth-order valence-electron chi connectivity index (χ4n) is 3.09.